The topological polar surface area (TPSA) is 92.4 Å². The molecule has 21 heavy (non-hydrogen) atoms. The molecule has 3 rings (SSSR count). The first-order valence-corrected chi connectivity index (χ1v) is 6.72. The molecule has 1 aliphatic rings. The molecule has 1 atom stereocenters. The average molecular weight is 286 g/mol. The average Bonchev–Trinajstić information content (AvgIpc) is 2.97. The van der Waals surface area contributed by atoms with Crippen molar-refractivity contribution in [3.8, 4) is 0 Å². The van der Waals surface area contributed by atoms with E-state index in [0.717, 1.165) is 30.6 Å². The van der Waals surface area contributed by atoms with Crippen LogP contribution in [0.15, 0.2) is 34.9 Å². The fourth-order valence-corrected chi connectivity index (χ4v) is 2.55. The van der Waals surface area contributed by atoms with E-state index in [2.05, 4.69) is 10.3 Å². The number of hydrogen-bond donors (Lipinski definition) is 2. The van der Waals surface area contributed by atoms with Crippen LogP contribution < -0.4 is 5.32 Å². The van der Waals surface area contributed by atoms with Crippen molar-refractivity contribution in [1.82, 2.24) is 10.3 Å². The van der Waals surface area contributed by atoms with Crippen LogP contribution in [0.3, 0.4) is 0 Å². The highest BCUT2D eigenvalue weighted by Crippen LogP contribution is 2.30. The van der Waals surface area contributed by atoms with Gasteiger partial charge in [0.2, 0.25) is 0 Å². The molecule has 0 saturated carbocycles. The summed E-state index contributed by atoms with van der Waals surface area (Å²) in [5, 5.41) is 11.8. The summed E-state index contributed by atoms with van der Waals surface area (Å²) in [4.78, 5) is 27.0. The van der Waals surface area contributed by atoms with Gasteiger partial charge in [-0.3, -0.25) is 4.79 Å². The summed E-state index contributed by atoms with van der Waals surface area (Å²) in [5.74, 6) is -0.629. The lowest BCUT2D eigenvalue weighted by Crippen LogP contribution is -2.31. The molecule has 1 aliphatic carbocycles. The van der Waals surface area contributed by atoms with Gasteiger partial charge in [0.05, 0.1) is 12.3 Å². The van der Waals surface area contributed by atoms with E-state index in [0.29, 0.717) is 0 Å². The Morgan fingerprint density at radius 2 is 2.10 bits per heavy atom. The Hall–Kier alpha value is -2.63. The summed E-state index contributed by atoms with van der Waals surface area (Å²) in [6, 6.07) is 6.11. The zero-order valence-corrected chi connectivity index (χ0v) is 11.2. The van der Waals surface area contributed by atoms with Crippen molar-refractivity contribution in [3.05, 3.63) is 53.2 Å². The van der Waals surface area contributed by atoms with Crippen LogP contribution >= 0.6 is 0 Å². The fraction of sp³-hybridized carbons (Fsp3) is 0.267. The van der Waals surface area contributed by atoms with Gasteiger partial charge in [-0.1, -0.05) is 6.07 Å². The predicted octanol–water partition coefficient (Wildman–Crippen LogP) is 2.18. The molecular formula is C15H14N2O4. The molecule has 0 spiro atoms. The second-order valence-corrected chi connectivity index (χ2v) is 4.93. The number of aryl methyl sites for hydroxylation is 1. The Bertz CT molecular complexity index is 692. The van der Waals surface area contributed by atoms with Crippen molar-refractivity contribution in [1.29, 1.82) is 0 Å². The number of hydrogen-bond acceptors (Lipinski definition) is 4. The van der Waals surface area contributed by atoms with Gasteiger partial charge in [0.15, 0.2) is 0 Å². The Morgan fingerprint density at radius 3 is 2.90 bits per heavy atom. The van der Waals surface area contributed by atoms with Gasteiger partial charge < -0.3 is 14.8 Å². The molecular weight excluding hydrogens is 272 g/mol. The van der Waals surface area contributed by atoms with Gasteiger partial charge in [-0.05, 0) is 31.0 Å². The van der Waals surface area contributed by atoms with Gasteiger partial charge in [0, 0.05) is 12.0 Å². The second kappa shape index (κ2) is 5.40. The molecule has 0 aliphatic heterocycles. The molecule has 6 heteroatoms. The van der Waals surface area contributed by atoms with Crippen LogP contribution in [-0.2, 0) is 6.42 Å². The number of rotatable bonds is 3. The lowest BCUT2D eigenvalue weighted by Gasteiger charge is -2.22. The third-order valence-corrected chi connectivity index (χ3v) is 3.56. The third kappa shape index (κ3) is 2.65. The first-order valence-electron chi connectivity index (χ1n) is 6.72. The van der Waals surface area contributed by atoms with E-state index in [-0.39, 0.29) is 23.3 Å². The molecule has 0 fully saturated rings. The Morgan fingerprint density at radius 1 is 1.29 bits per heavy atom. The normalized spacial score (nSPS) is 17.0. The molecule has 0 bridgehead atoms. The van der Waals surface area contributed by atoms with E-state index in [9.17, 15) is 9.59 Å². The highest BCUT2D eigenvalue weighted by molar-refractivity contribution is 5.94. The standard InChI is InChI=1S/C15H14N2O4/c18-14(11-4-1-5-12(16-11)15(19)20)17-10-3-2-6-13-9(10)7-8-21-13/h1,4-5,7-8,10H,2-3,6H2,(H,17,18)(H,19,20). The van der Waals surface area contributed by atoms with Crippen LogP contribution in [0.2, 0.25) is 0 Å². The summed E-state index contributed by atoms with van der Waals surface area (Å²) in [6.45, 7) is 0. The summed E-state index contributed by atoms with van der Waals surface area (Å²) < 4.78 is 5.38. The zero-order chi connectivity index (χ0) is 14.8. The van der Waals surface area contributed by atoms with E-state index >= 15 is 0 Å². The van der Waals surface area contributed by atoms with Crippen molar-refractivity contribution in [2.24, 2.45) is 0 Å². The van der Waals surface area contributed by atoms with Crippen LogP contribution in [0.25, 0.3) is 0 Å². The number of nitrogens with one attached hydrogen (secondary N) is 1. The highest BCUT2D eigenvalue weighted by Gasteiger charge is 2.25. The largest absolute Gasteiger partial charge is 0.477 e. The van der Waals surface area contributed by atoms with Gasteiger partial charge >= 0.3 is 5.97 Å². The maximum Gasteiger partial charge on any atom is 0.354 e. The van der Waals surface area contributed by atoms with Crippen LogP contribution in [0.5, 0.6) is 0 Å². The van der Waals surface area contributed by atoms with Crippen molar-refractivity contribution < 1.29 is 19.1 Å². The number of pyridine rings is 1. The van der Waals surface area contributed by atoms with Crippen molar-refractivity contribution in [2.75, 3.05) is 0 Å². The van der Waals surface area contributed by atoms with Crippen LogP contribution in [0.1, 0.15) is 51.2 Å². The highest BCUT2D eigenvalue weighted by atomic mass is 16.4. The second-order valence-electron chi connectivity index (χ2n) is 4.93. The monoisotopic (exact) mass is 286 g/mol. The summed E-state index contributed by atoms with van der Waals surface area (Å²) in [6.07, 6.45) is 4.27. The fourth-order valence-electron chi connectivity index (χ4n) is 2.55. The van der Waals surface area contributed by atoms with E-state index < -0.39 is 5.97 Å². The minimum Gasteiger partial charge on any atom is -0.477 e. The molecule has 2 aromatic rings. The maximum absolute atomic E-state index is 12.2. The molecule has 2 aromatic heterocycles. The van der Waals surface area contributed by atoms with Gasteiger partial charge in [0.1, 0.15) is 17.1 Å². The number of carbonyl (C=O) groups is 2. The number of aromatic carboxylic acids is 1. The summed E-state index contributed by atoms with van der Waals surface area (Å²) >= 11 is 0. The minimum absolute atomic E-state index is 0.102. The number of amides is 1. The number of furan rings is 1. The molecule has 0 aromatic carbocycles. The predicted molar refractivity (Wildman–Crippen MR) is 73.0 cm³/mol. The molecule has 1 amide bonds. The maximum atomic E-state index is 12.2. The Balaban J connectivity index is 1.79. The van der Waals surface area contributed by atoms with Crippen molar-refractivity contribution >= 4 is 11.9 Å². The number of carboxylic acids is 1. The van der Waals surface area contributed by atoms with Gasteiger partial charge in [0.25, 0.3) is 5.91 Å². The van der Waals surface area contributed by atoms with E-state index in [4.69, 9.17) is 9.52 Å². The third-order valence-electron chi connectivity index (χ3n) is 3.56. The quantitative estimate of drug-likeness (QED) is 0.902. The lowest BCUT2D eigenvalue weighted by molar-refractivity contribution is 0.0690. The summed E-state index contributed by atoms with van der Waals surface area (Å²) in [7, 11) is 0. The van der Waals surface area contributed by atoms with E-state index in [1.54, 1.807) is 6.26 Å². The molecule has 0 radical (unpaired) electrons. The number of aromatic nitrogens is 1. The molecule has 1 unspecified atom stereocenters. The first kappa shape index (κ1) is 13.4. The smallest absolute Gasteiger partial charge is 0.354 e. The number of carboxylic acid groups (broad SMARTS) is 1. The Kier molecular flexibility index (Phi) is 3.43. The molecule has 108 valence electrons. The molecule has 6 nitrogen and oxygen atoms in total. The minimum atomic E-state index is -1.15. The van der Waals surface area contributed by atoms with E-state index in [1.165, 1.54) is 18.2 Å². The van der Waals surface area contributed by atoms with Crippen molar-refractivity contribution in [2.45, 2.75) is 25.3 Å². The van der Waals surface area contributed by atoms with Crippen molar-refractivity contribution in [3.63, 3.8) is 0 Å². The van der Waals surface area contributed by atoms with Crippen LogP contribution in [-0.4, -0.2) is 22.0 Å². The Labute approximate surface area is 120 Å². The zero-order valence-electron chi connectivity index (χ0n) is 11.2. The lowest BCUT2D eigenvalue weighted by atomic mass is 9.93. The van der Waals surface area contributed by atoms with Gasteiger partial charge in [-0.15, -0.1) is 0 Å². The number of carbonyl (C=O) groups excluding carboxylic acids is 1. The van der Waals surface area contributed by atoms with Gasteiger partial charge in [-0.25, -0.2) is 9.78 Å². The number of nitrogens with zero attached hydrogens (tertiary/aromatic N) is 1. The SMILES string of the molecule is O=C(O)c1cccc(C(=O)NC2CCCc3occc32)n1. The molecule has 2 heterocycles. The molecule has 2 N–H and O–H groups in total. The first-order chi connectivity index (χ1) is 10.1. The van der Waals surface area contributed by atoms with Gasteiger partial charge in [-0.2, -0.15) is 0 Å². The van der Waals surface area contributed by atoms with Crippen LogP contribution in [0.4, 0.5) is 0 Å². The van der Waals surface area contributed by atoms with Crippen LogP contribution in [0, 0.1) is 0 Å². The van der Waals surface area contributed by atoms with E-state index in [1.807, 2.05) is 6.07 Å². The molecule has 0 saturated heterocycles. The summed E-state index contributed by atoms with van der Waals surface area (Å²) in [5.41, 5.74) is 0.949. The number of fused-ring (bicyclic) bond motifs is 1.